The number of carbonyl (C=O) groups is 2. The molecule has 0 radical (unpaired) electrons. The topological polar surface area (TPSA) is 102 Å². The SMILES string of the molecule is C[Si](C)(C)CC[C@@](N)(CNC(=O)OCc1ccccc1)C(=O)O. The van der Waals surface area contributed by atoms with Gasteiger partial charge in [0.15, 0.2) is 0 Å². The summed E-state index contributed by atoms with van der Waals surface area (Å²) < 4.78 is 5.06. The van der Waals surface area contributed by atoms with Crippen LogP contribution in [-0.2, 0) is 16.1 Å². The highest BCUT2D eigenvalue weighted by Gasteiger charge is 2.35. The summed E-state index contributed by atoms with van der Waals surface area (Å²) in [5, 5.41) is 11.8. The van der Waals surface area contributed by atoms with E-state index in [9.17, 15) is 14.7 Å². The van der Waals surface area contributed by atoms with E-state index < -0.39 is 25.7 Å². The number of aliphatic carboxylic acids is 1. The number of nitrogens with one attached hydrogen (secondary N) is 1. The van der Waals surface area contributed by atoms with Gasteiger partial charge in [-0.2, -0.15) is 0 Å². The zero-order chi connectivity index (χ0) is 17.5. The van der Waals surface area contributed by atoms with Crippen molar-refractivity contribution in [3.8, 4) is 0 Å². The number of ether oxygens (including phenoxy) is 1. The Hall–Kier alpha value is -1.86. The summed E-state index contributed by atoms with van der Waals surface area (Å²) in [5.74, 6) is -1.11. The summed E-state index contributed by atoms with van der Waals surface area (Å²) >= 11 is 0. The molecule has 1 rings (SSSR count). The Morgan fingerprint density at radius 2 is 1.87 bits per heavy atom. The molecule has 0 heterocycles. The number of alkyl carbamates (subject to hydrolysis) is 1. The largest absolute Gasteiger partial charge is 0.480 e. The maximum absolute atomic E-state index is 11.7. The van der Waals surface area contributed by atoms with Crippen LogP contribution in [0.25, 0.3) is 0 Å². The van der Waals surface area contributed by atoms with Gasteiger partial charge in [-0.3, -0.25) is 4.79 Å². The number of carboxylic acid groups (broad SMARTS) is 1. The molecule has 0 aliphatic rings. The van der Waals surface area contributed by atoms with Gasteiger partial charge in [0.2, 0.25) is 0 Å². The van der Waals surface area contributed by atoms with E-state index in [0.29, 0.717) is 6.42 Å². The molecule has 1 aromatic rings. The molecule has 1 amide bonds. The highest BCUT2D eigenvalue weighted by molar-refractivity contribution is 6.76. The minimum absolute atomic E-state index is 0.131. The van der Waals surface area contributed by atoms with E-state index in [1.165, 1.54) is 0 Å². The van der Waals surface area contributed by atoms with Crippen LogP contribution < -0.4 is 11.1 Å². The number of hydrogen-bond acceptors (Lipinski definition) is 4. The zero-order valence-corrected chi connectivity index (χ0v) is 15.0. The van der Waals surface area contributed by atoms with Crippen molar-refractivity contribution in [1.82, 2.24) is 5.32 Å². The molecule has 0 spiro atoms. The molecule has 1 atom stereocenters. The lowest BCUT2D eigenvalue weighted by molar-refractivity contribution is -0.143. The Morgan fingerprint density at radius 1 is 1.26 bits per heavy atom. The van der Waals surface area contributed by atoms with Crippen molar-refractivity contribution >= 4 is 20.1 Å². The van der Waals surface area contributed by atoms with E-state index in [1.807, 2.05) is 30.3 Å². The van der Waals surface area contributed by atoms with Gasteiger partial charge in [0.25, 0.3) is 0 Å². The van der Waals surface area contributed by atoms with Crippen LogP contribution in [0.2, 0.25) is 25.7 Å². The standard InChI is InChI=1S/C16H26N2O4Si/c1-23(2,3)10-9-16(17,14(19)20)12-18-15(21)22-11-13-7-5-4-6-8-13/h4-8H,9-12,17H2,1-3H3,(H,18,21)(H,19,20)/t16-/m1/s1. The van der Waals surface area contributed by atoms with Gasteiger partial charge in [0.05, 0.1) is 0 Å². The molecule has 0 bridgehead atoms. The van der Waals surface area contributed by atoms with Crippen molar-refractivity contribution in [3.05, 3.63) is 35.9 Å². The number of nitrogens with two attached hydrogens (primary N) is 1. The van der Waals surface area contributed by atoms with Crippen molar-refractivity contribution < 1.29 is 19.4 Å². The van der Waals surface area contributed by atoms with E-state index >= 15 is 0 Å². The van der Waals surface area contributed by atoms with Gasteiger partial charge < -0.3 is 20.9 Å². The Labute approximate surface area is 138 Å². The van der Waals surface area contributed by atoms with Gasteiger partial charge in [-0.05, 0) is 12.0 Å². The van der Waals surface area contributed by atoms with Crippen LogP contribution in [0, 0.1) is 0 Å². The third-order valence-electron chi connectivity index (χ3n) is 3.51. The van der Waals surface area contributed by atoms with Crippen LogP contribution in [0.4, 0.5) is 4.79 Å². The molecule has 7 heteroatoms. The molecular weight excluding hydrogens is 312 g/mol. The molecule has 0 aliphatic carbocycles. The molecule has 6 nitrogen and oxygen atoms in total. The number of carbonyl (C=O) groups excluding carboxylic acids is 1. The van der Waals surface area contributed by atoms with Gasteiger partial charge in [-0.1, -0.05) is 56.0 Å². The van der Waals surface area contributed by atoms with Crippen LogP contribution in [0.5, 0.6) is 0 Å². The lowest BCUT2D eigenvalue weighted by atomic mass is 9.98. The van der Waals surface area contributed by atoms with E-state index in [1.54, 1.807) is 0 Å². The van der Waals surface area contributed by atoms with Crippen molar-refractivity contribution in [2.24, 2.45) is 5.73 Å². The first-order valence-electron chi connectivity index (χ1n) is 7.59. The first-order chi connectivity index (χ1) is 10.6. The predicted molar refractivity (Wildman–Crippen MR) is 92.0 cm³/mol. The average molecular weight is 338 g/mol. The zero-order valence-electron chi connectivity index (χ0n) is 14.0. The second kappa shape index (κ2) is 8.12. The molecule has 1 aromatic carbocycles. The first-order valence-corrected chi connectivity index (χ1v) is 11.3. The normalized spacial score (nSPS) is 13.9. The first kappa shape index (κ1) is 19.2. The Morgan fingerprint density at radius 3 is 2.39 bits per heavy atom. The number of rotatable bonds is 8. The van der Waals surface area contributed by atoms with Gasteiger partial charge >= 0.3 is 12.1 Å². The van der Waals surface area contributed by atoms with Crippen molar-refractivity contribution in [2.75, 3.05) is 6.54 Å². The molecule has 0 saturated carbocycles. The summed E-state index contributed by atoms with van der Waals surface area (Å²) in [4.78, 5) is 23.1. The van der Waals surface area contributed by atoms with Crippen molar-refractivity contribution in [2.45, 2.75) is 44.3 Å². The lowest BCUT2D eigenvalue weighted by Gasteiger charge is -2.28. The Balaban J connectivity index is 2.48. The molecular formula is C16H26N2O4Si. The average Bonchev–Trinajstić information content (AvgIpc) is 2.49. The van der Waals surface area contributed by atoms with E-state index in [-0.39, 0.29) is 13.2 Å². The third kappa shape index (κ3) is 7.29. The summed E-state index contributed by atoms with van der Waals surface area (Å²) in [6.45, 7) is 6.43. The Kier molecular flexibility index (Phi) is 6.77. The van der Waals surface area contributed by atoms with Crippen LogP contribution >= 0.6 is 0 Å². The molecule has 0 fully saturated rings. The number of carboxylic acids is 1. The summed E-state index contributed by atoms with van der Waals surface area (Å²) in [5.41, 5.74) is 5.35. The fourth-order valence-corrected chi connectivity index (χ4v) is 3.07. The van der Waals surface area contributed by atoms with Crippen molar-refractivity contribution in [1.29, 1.82) is 0 Å². The third-order valence-corrected chi connectivity index (χ3v) is 5.26. The smallest absolute Gasteiger partial charge is 0.407 e. The van der Waals surface area contributed by atoms with Crippen LogP contribution in [0.15, 0.2) is 30.3 Å². The van der Waals surface area contributed by atoms with Crippen LogP contribution in [0.3, 0.4) is 0 Å². The second-order valence-corrected chi connectivity index (χ2v) is 12.6. The maximum Gasteiger partial charge on any atom is 0.407 e. The van der Waals surface area contributed by atoms with Gasteiger partial charge in [0.1, 0.15) is 12.1 Å². The van der Waals surface area contributed by atoms with Gasteiger partial charge in [0, 0.05) is 14.6 Å². The number of hydrogen-bond donors (Lipinski definition) is 3. The fourth-order valence-electron chi connectivity index (χ4n) is 1.87. The maximum atomic E-state index is 11.7. The fraction of sp³-hybridized carbons (Fsp3) is 0.500. The predicted octanol–water partition coefficient (Wildman–Crippen LogP) is 2.42. The van der Waals surface area contributed by atoms with E-state index in [0.717, 1.165) is 11.6 Å². The van der Waals surface area contributed by atoms with E-state index in [4.69, 9.17) is 10.5 Å². The molecule has 0 aliphatic heterocycles. The van der Waals surface area contributed by atoms with Crippen molar-refractivity contribution in [3.63, 3.8) is 0 Å². The van der Waals surface area contributed by atoms with Crippen LogP contribution in [0.1, 0.15) is 12.0 Å². The lowest BCUT2D eigenvalue weighted by Crippen LogP contribution is -2.56. The Bertz CT molecular complexity index is 531. The summed E-state index contributed by atoms with van der Waals surface area (Å²) in [6.07, 6.45) is -0.338. The second-order valence-electron chi connectivity index (χ2n) is 6.94. The van der Waals surface area contributed by atoms with Gasteiger partial charge in [-0.15, -0.1) is 0 Å². The molecule has 0 aromatic heterocycles. The highest BCUT2D eigenvalue weighted by Crippen LogP contribution is 2.18. The van der Waals surface area contributed by atoms with Crippen LogP contribution in [-0.4, -0.2) is 37.3 Å². The number of amides is 1. The van der Waals surface area contributed by atoms with E-state index in [2.05, 4.69) is 25.0 Å². The molecule has 4 N–H and O–H groups in total. The summed E-state index contributed by atoms with van der Waals surface area (Å²) in [7, 11) is -1.42. The molecule has 0 saturated heterocycles. The monoisotopic (exact) mass is 338 g/mol. The minimum atomic E-state index is -1.47. The molecule has 23 heavy (non-hydrogen) atoms. The number of benzene rings is 1. The highest BCUT2D eigenvalue weighted by atomic mass is 28.3. The molecule has 128 valence electrons. The summed E-state index contributed by atoms with van der Waals surface area (Å²) in [6, 6.07) is 10.0. The molecule has 0 unspecified atom stereocenters. The minimum Gasteiger partial charge on any atom is -0.480 e. The quantitative estimate of drug-likeness (QED) is 0.632. The van der Waals surface area contributed by atoms with Gasteiger partial charge in [-0.25, -0.2) is 4.79 Å².